The van der Waals surface area contributed by atoms with Crippen molar-refractivity contribution in [3.8, 4) is 0 Å². The summed E-state index contributed by atoms with van der Waals surface area (Å²) in [5.41, 5.74) is 0.864. The number of carboxylic acid groups (broad SMARTS) is 1. The molecule has 0 atom stereocenters. The van der Waals surface area contributed by atoms with Gasteiger partial charge in [0.05, 0.1) is 5.56 Å². The minimum Gasteiger partial charge on any atom is -0.478 e. The van der Waals surface area contributed by atoms with Gasteiger partial charge in [0.1, 0.15) is 0 Å². The predicted molar refractivity (Wildman–Crippen MR) is 60.7 cm³/mol. The number of carbonyl (C=O) groups is 2. The molecule has 0 aromatic heterocycles. The molecule has 0 aliphatic heterocycles. The van der Waals surface area contributed by atoms with E-state index in [-0.39, 0.29) is 16.5 Å². The summed E-state index contributed by atoms with van der Waals surface area (Å²) < 4.78 is 0. The zero-order valence-corrected chi connectivity index (χ0v) is 9.57. The van der Waals surface area contributed by atoms with Gasteiger partial charge in [0.15, 0.2) is 5.78 Å². The van der Waals surface area contributed by atoms with E-state index >= 15 is 0 Å². The van der Waals surface area contributed by atoms with E-state index in [2.05, 4.69) is 0 Å². The number of carbonyl (C=O) groups excluding carboxylic acids is 1. The summed E-state index contributed by atoms with van der Waals surface area (Å²) >= 11 is 0. The van der Waals surface area contributed by atoms with Crippen molar-refractivity contribution in [3.05, 3.63) is 41.8 Å². The van der Waals surface area contributed by atoms with Crippen LogP contribution in [0.1, 0.15) is 47.1 Å². The summed E-state index contributed by atoms with van der Waals surface area (Å²) in [7, 11) is 0. The van der Waals surface area contributed by atoms with Gasteiger partial charge in [-0.05, 0) is 29.2 Å². The molecule has 0 bridgehead atoms. The Morgan fingerprint density at radius 3 is 2.00 bits per heavy atom. The molecule has 16 heavy (non-hydrogen) atoms. The summed E-state index contributed by atoms with van der Waals surface area (Å²) in [6, 6.07) is 4.49. The molecule has 0 saturated carbocycles. The van der Waals surface area contributed by atoms with Crippen LogP contribution in [0.4, 0.5) is 0 Å². The highest BCUT2D eigenvalue weighted by molar-refractivity contribution is 6.01. The fourth-order valence-corrected chi connectivity index (χ4v) is 1.33. The first kappa shape index (κ1) is 12.4. The van der Waals surface area contributed by atoms with Crippen molar-refractivity contribution in [2.75, 3.05) is 0 Å². The maximum Gasteiger partial charge on any atom is 0.335 e. The van der Waals surface area contributed by atoms with E-state index in [4.69, 9.17) is 12.0 Å². The topological polar surface area (TPSA) is 54.4 Å². The molecule has 1 rings (SSSR count). The lowest BCUT2D eigenvalue weighted by atomic mass is 9.84. The number of benzene rings is 1. The van der Waals surface area contributed by atoms with Crippen LogP contribution in [-0.2, 0) is 5.41 Å². The maximum absolute atomic E-state index is 11.1. The third-order valence-corrected chi connectivity index (χ3v) is 2.33. The van der Waals surface area contributed by atoms with Gasteiger partial charge in [-0.2, -0.15) is 0 Å². The van der Waals surface area contributed by atoms with Crippen molar-refractivity contribution in [2.45, 2.75) is 26.2 Å². The summed E-state index contributed by atoms with van der Waals surface area (Å²) in [6.45, 7) is 11.0. The second kappa shape index (κ2) is 4.08. The minimum atomic E-state index is -1.06. The van der Waals surface area contributed by atoms with Crippen LogP contribution in [0.25, 0.3) is 0 Å². The monoisotopic (exact) mass is 218 g/mol. The fourth-order valence-electron chi connectivity index (χ4n) is 1.33. The Bertz CT molecular complexity index is 407. The Morgan fingerprint density at radius 2 is 1.62 bits per heavy atom. The summed E-state index contributed by atoms with van der Waals surface area (Å²) in [5, 5.41) is 8.93. The highest BCUT2D eigenvalue weighted by Gasteiger charge is 2.18. The third kappa shape index (κ3) is 2.69. The molecule has 2 radical (unpaired) electrons. The van der Waals surface area contributed by atoms with Crippen LogP contribution in [0.5, 0.6) is 0 Å². The minimum absolute atomic E-state index is 0.0845. The zero-order valence-electron chi connectivity index (χ0n) is 9.57. The predicted octanol–water partition coefficient (Wildman–Crippen LogP) is 2.58. The molecule has 0 unspecified atom stereocenters. The fraction of sp³-hybridized carbons (Fsp3) is 0.308. The molecule has 3 nitrogen and oxygen atoms in total. The lowest BCUT2D eigenvalue weighted by Crippen LogP contribution is -2.14. The third-order valence-electron chi connectivity index (χ3n) is 2.33. The number of rotatable bonds is 2. The number of ketones is 1. The van der Waals surface area contributed by atoms with Crippen LogP contribution in [0.3, 0.4) is 0 Å². The number of hydrogen-bond donors (Lipinski definition) is 1. The molecule has 1 aromatic rings. The number of carboxylic acids is 1. The van der Waals surface area contributed by atoms with Crippen LogP contribution in [0, 0.1) is 6.92 Å². The second-order valence-corrected chi connectivity index (χ2v) is 4.72. The van der Waals surface area contributed by atoms with Gasteiger partial charge in [-0.15, -0.1) is 0 Å². The van der Waals surface area contributed by atoms with Crippen molar-refractivity contribution < 1.29 is 14.7 Å². The number of Topliss-reactive ketones (excluding diaryl/α,β-unsaturated/α-hetero) is 1. The van der Waals surface area contributed by atoms with E-state index in [0.29, 0.717) is 0 Å². The maximum atomic E-state index is 11.1. The van der Waals surface area contributed by atoms with Gasteiger partial charge in [-0.1, -0.05) is 20.8 Å². The molecular weight excluding hydrogens is 204 g/mol. The van der Waals surface area contributed by atoms with E-state index in [0.717, 1.165) is 5.56 Å². The summed E-state index contributed by atoms with van der Waals surface area (Å²) in [5.74, 6) is -1.68. The molecule has 1 aromatic carbocycles. The first-order valence-corrected chi connectivity index (χ1v) is 4.90. The molecule has 0 aliphatic carbocycles. The van der Waals surface area contributed by atoms with Crippen molar-refractivity contribution >= 4 is 11.8 Å². The highest BCUT2D eigenvalue weighted by atomic mass is 16.4. The van der Waals surface area contributed by atoms with Crippen LogP contribution < -0.4 is 0 Å². The SMILES string of the molecule is [CH]C(=O)c1cc(C(=O)O)cc(C(C)(C)C)c1. The number of aromatic carboxylic acids is 1. The van der Waals surface area contributed by atoms with Gasteiger partial charge in [0.2, 0.25) is 0 Å². The average molecular weight is 218 g/mol. The van der Waals surface area contributed by atoms with Gasteiger partial charge >= 0.3 is 5.97 Å². The standard InChI is InChI=1S/C13H14O3/c1-8(14)9-5-10(12(15)16)7-11(6-9)13(2,3)4/h1,5-7H,2-4H3,(H,15,16). The Hall–Kier alpha value is -1.64. The molecule has 1 N–H and O–H groups in total. The molecule has 0 amide bonds. The van der Waals surface area contributed by atoms with Crippen molar-refractivity contribution in [1.29, 1.82) is 0 Å². The van der Waals surface area contributed by atoms with Gasteiger partial charge in [-0.25, -0.2) is 4.79 Å². The normalized spacial score (nSPS) is 11.2. The first-order valence-electron chi connectivity index (χ1n) is 4.90. The zero-order chi connectivity index (χ0) is 12.5. The van der Waals surface area contributed by atoms with E-state index in [1.54, 1.807) is 12.1 Å². The first-order chi connectivity index (χ1) is 7.21. The molecular formula is C13H14O3. The van der Waals surface area contributed by atoms with Crippen LogP contribution in [0.2, 0.25) is 0 Å². The summed E-state index contributed by atoms with van der Waals surface area (Å²) in [6.07, 6.45) is 0. The molecule has 0 fully saturated rings. The quantitative estimate of drug-likeness (QED) is 0.776. The summed E-state index contributed by atoms with van der Waals surface area (Å²) in [4.78, 5) is 22.0. The smallest absolute Gasteiger partial charge is 0.335 e. The van der Waals surface area contributed by atoms with Crippen molar-refractivity contribution in [1.82, 2.24) is 0 Å². The van der Waals surface area contributed by atoms with Gasteiger partial charge in [0, 0.05) is 12.5 Å². The van der Waals surface area contributed by atoms with E-state index in [1.807, 2.05) is 20.8 Å². The van der Waals surface area contributed by atoms with Gasteiger partial charge in [0.25, 0.3) is 0 Å². The largest absolute Gasteiger partial charge is 0.478 e. The molecule has 0 saturated heterocycles. The van der Waals surface area contributed by atoms with E-state index < -0.39 is 11.8 Å². The van der Waals surface area contributed by atoms with E-state index in [1.165, 1.54) is 6.07 Å². The lowest BCUT2D eigenvalue weighted by Gasteiger charge is -2.20. The molecule has 0 aliphatic rings. The molecule has 0 spiro atoms. The van der Waals surface area contributed by atoms with Crippen LogP contribution in [0.15, 0.2) is 18.2 Å². The average Bonchev–Trinajstić information content (AvgIpc) is 2.15. The van der Waals surface area contributed by atoms with Crippen molar-refractivity contribution in [2.24, 2.45) is 0 Å². The van der Waals surface area contributed by atoms with Crippen molar-refractivity contribution in [3.63, 3.8) is 0 Å². The lowest BCUT2D eigenvalue weighted by molar-refractivity contribution is 0.0696. The highest BCUT2D eigenvalue weighted by Crippen LogP contribution is 2.24. The van der Waals surface area contributed by atoms with Crippen LogP contribution in [-0.4, -0.2) is 16.9 Å². The van der Waals surface area contributed by atoms with Gasteiger partial charge < -0.3 is 5.11 Å². The Morgan fingerprint density at radius 1 is 1.12 bits per heavy atom. The van der Waals surface area contributed by atoms with E-state index in [9.17, 15) is 9.59 Å². The molecule has 3 heteroatoms. The van der Waals surface area contributed by atoms with Gasteiger partial charge in [-0.3, -0.25) is 4.79 Å². The Balaban J connectivity index is 3.42. The molecule has 0 heterocycles. The Labute approximate surface area is 95.1 Å². The Kier molecular flexibility index (Phi) is 3.17. The second-order valence-electron chi connectivity index (χ2n) is 4.72. The van der Waals surface area contributed by atoms with Crippen LogP contribution >= 0.6 is 0 Å². The molecule has 84 valence electrons. The number of hydrogen-bond acceptors (Lipinski definition) is 2.